The van der Waals surface area contributed by atoms with E-state index in [1.807, 2.05) is 18.2 Å². The van der Waals surface area contributed by atoms with Crippen LogP contribution in [0.15, 0.2) is 30.5 Å². The van der Waals surface area contributed by atoms with Crippen LogP contribution >= 0.6 is 11.6 Å². The quantitative estimate of drug-likeness (QED) is 0.706. The molecule has 6 heteroatoms. The Morgan fingerprint density at radius 3 is 2.68 bits per heavy atom. The third-order valence-corrected chi connectivity index (χ3v) is 6.24. The zero-order valence-corrected chi connectivity index (χ0v) is 17.0. The molecule has 0 aromatic carbocycles. The lowest BCUT2D eigenvalue weighted by molar-refractivity contribution is 0.108. The van der Waals surface area contributed by atoms with Gasteiger partial charge < -0.3 is 15.7 Å². The van der Waals surface area contributed by atoms with E-state index in [4.69, 9.17) is 16.6 Å². The van der Waals surface area contributed by atoms with Gasteiger partial charge in [0.2, 0.25) is 0 Å². The maximum absolute atomic E-state index is 9.71. The van der Waals surface area contributed by atoms with E-state index in [0.29, 0.717) is 17.0 Å². The van der Waals surface area contributed by atoms with Crippen molar-refractivity contribution in [1.82, 2.24) is 15.3 Å². The summed E-state index contributed by atoms with van der Waals surface area (Å²) in [5.74, 6) is 1.49. The van der Waals surface area contributed by atoms with Gasteiger partial charge in [0.25, 0.3) is 0 Å². The molecule has 0 spiro atoms. The van der Waals surface area contributed by atoms with Crippen molar-refractivity contribution in [2.45, 2.75) is 57.1 Å². The Kier molecular flexibility index (Phi) is 6.45. The Hall–Kier alpha value is -1.69. The zero-order chi connectivity index (χ0) is 19.3. The highest BCUT2D eigenvalue weighted by Gasteiger charge is 2.21. The molecule has 28 heavy (non-hydrogen) atoms. The molecule has 1 saturated heterocycles. The molecule has 0 unspecified atom stereocenters. The van der Waals surface area contributed by atoms with Crippen LogP contribution in [-0.4, -0.2) is 40.3 Å². The normalized spacial score (nSPS) is 23.5. The predicted molar refractivity (Wildman–Crippen MR) is 114 cm³/mol. The molecule has 3 heterocycles. The first kappa shape index (κ1) is 19.6. The highest BCUT2D eigenvalue weighted by Crippen LogP contribution is 2.31. The van der Waals surface area contributed by atoms with Gasteiger partial charge in [-0.25, -0.2) is 4.98 Å². The van der Waals surface area contributed by atoms with Gasteiger partial charge in [0.15, 0.2) is 0 Å². The number of pyridine rings is 2. The summed E-state index contributed by atoms with van der Waals surface area (Å²) in [6.07, 6.45) is 8.72. The summed E-state index contributed by atoms with van der Waals surface area (Å²) in [6.45, 7) is 2.10. The topological polar surface area (TPSA) is 70.1 Å². The molecule has 1 aliphatic carbocycles. The second-order valence-electron chi connectivity index (χ2n) is 8.11. The second-order valence-corrected chi connectivity index (χ2v) is 8.52. The van der Waals surface area contributed by atoms with Gasteiger partial charge in [0.05, 0.1) is 16.8 Å². The van der Waals surface area contributed by atoms with E-state index in [1.54, 1.807) is 6.20 Å². The van der Waals surface area contributed by atoms with Crippen LogP contribution in [0.2, 0.25) is 5.02 Å². The summed E-state index contributed by atoms with van der Waals surface area (Å²) in [6, 6.07) is 8.62. The average Bonchev–Trinajstić information content (AvgIpc) is 2.72. The minimum Gasteiger partial charge on any atom is -0.393 e. The van der Waals surface area contributed by atoms with E-state index in [1.165, 1.54) is 0 Å². The zero-order valence-electron chi connectivity index (χ0n) is 16.2. The van der Waals surface area contributed by atoms with Crippen LogP contribution < -0.4 is 10.6 Å². The number of nitrogens with zero attached hydrogens (tertiary/aromatic N) is 2. The molecule has 0 radical (unpaired) electrons. The number of hydrogen-bond acceptors (Lipinski definition) is 5. The third-order valence-electron chi connectivity index (χ3n) is 5.94. The smallest absolute Gasteiger partial charge is 0.126 e. The van der Waals surface area contributed by atoms with Gasteiger partial charge in [-0.15, -0.1) is 0 Å². The van der Waals surface area contributed by atoms with E-state index in [2.05, 4.69) is 21.7 Å². The molecule has 0 amide bonds. The maximum Gasteiger partial charge on any atom is 0.126 e. The van der Waals surface area contributed by atoms with Crippen LogP contribution in [0.3, 0.4) is 0 Å². The second kappa shape index (κ2) is 9.21. The lowest BCUT2D eigenvalue weighted by Crippen LogP contribution is -2.35. The lowest BCUT2D eigenvalue weighted by atomic mass is 9.84. The van der Waals surface area contributed by atoms with E-state index in [0.717, 1.165) is 80.8 Å². The Morgan fingerprint density at radius 1 is 1.11 bits per heavy atom. The molecule has 2 fully saturated rings. The number of aromatic nitrogens is 2. The fourth-order valence-corrected chi connectivity index (χ4v) is 4.48. The van der Waals surface area contributed by atoms with Crippen LogP contribution in [0.5, 0.6) is 0 Å². The molecule has 150 valence electrons. The molecule has 3 N–H and O–H groups in total. The molecule has 0 bridgehead atoms. The summed E-state index contributed by atoms with van der Waals surface area (Å²) in [4.78, 5) is 9.37. The summed E-state index contributed by atoms with van der Waals surface area (Å²) in [7, 11) is 0. The van der Waals surface area contributed by atoms with E-state index < -0.39 is 0 Å². The minimum absolute atomic E-state index is 0.121. The molecule has 2 aliphatic rings. The van der Waals surface area contributed by atoms with Crippen molar-refractivity contribution in [3.63, 3.8) is 0 Å². The lowest BCUT2D eigenvalue weighted by Gasteiger charge is -2.25. The van der Waals surface area contributed by atoms with Gasteiger partial charge in [-0.3, -0.25) is 4.98 Å². The standard InChI is InChI=1S/C22H29ClN4O/c23-20-14-25-17(12-15-4-6-18(28)7-5-15)13-19(20)21-2-1-3-22(27-21)26-16-8-10-24-11-9-16/h1-3,13-16,18,24,28H,4-12H2,(H,26,27). The molecule has 4 rings (SSSR count). The fourth-order valence-electron chi connectivity index (χ4n) is 4.28. The Balaban J connectivity index is 1.49. The largest absolute Gasteiger partial charge is 0.393 e. The van der Waals surface area contributed by atoms with Gasteiger partial charge in [-0.2, -0.15) is 0 Å². The number of rotatable bonds is 5. The molecule has 1 saturated carbocycles. The molecular weight excluding hydrogens is 372 g/mol. The van der Waals surface area contributed by atoms with E-state index in [-0.39, 0.29) is 6.10 Å². The SMILES string of the molecule is OC1CCC(Cc2cc(-c3cccc(NC4CCNCC4)n3)c(Cl)cn2)CC1. The number of halogens is 1. The minimum atomic E-state index is -0.121. The van der Waals surface area contributed by atoms with Gasteiger partial charge in [0.1, 0.15) is 5.82 Å². The monoisotopic (exact) mass is 400 g/mol. The van der Waals surface area contributed by atoms with Crippen molar-refractivity contribution >= 4 is 17.4 Å². The summed E-state index contributed by atoms with van der Waals surface area (Å²) in [5, 5.41) is 17.3. The first-order chi connectivity index (χ1) is 13.7. The molecule has 5 nitrogen and oxygen atoms in total. The van der Waals surface area contributed by atoms with Crippen molar-refractivity contribution in [2.75, 3.05) is 18.4 Å². The van der Waals surface area contributed by atoms with Crippen LogP contribution in [0.1, 0.15) is 44.2 Å². The summed E-state index contributed by atoms with van der Waals surface area (Å²) >= 11 is 6.47. The predicted octanol–water partition coefficient (Wildman–Crippen LogP) is 4.05. The van der Waals surface area contributed by atoms with Crippen molar-refractivity contribution in [2.24, 2.45) is 5.92 Å². The van der Waals surface area contributed by atoms with Crippen molar-refractivity contribution in [1.29, 1.82) is 0 Å². The fraction of sp³-hybridized carbons (Fsp3) is 0.545. The molecule has 2 aromatic heterocycles. The first-order valence-electron chi connectivity index (χ1n) is 10.4. The Bertz CT molecular complexity index is 786. The van der Waals surface area contributed by atoms with E-state index in [9.17, 15) is 5.11 Å². The van der Waals surface area contributed by atoms with Crippen molar-refractivity contribution in [3.05, 3.63) is 41.2 Å². The van der Waals surface area contributed by atoms with Gasteiger partial charge in [0, 0.05) is 23.5 Å². The molecule has 2 aromatic rings. The summed E-state index contributed by atoms with van der Waals surface area (Å²) < 4.78 is 0. The Morgan fingerprint density at radius 2 is 1.89 bits per heavy atom. The van der Waals surface area contributed by atoms with Crippen molar-refractivity contribution in [3.8, 4) is 11.3 Å². The number of hydrogen-bond donors (Lipinski definition) is 3. The van der Waals surface area contributed by atoms with Gasteiger partial charge in [-0.05, 0) is 82.2 Å². The number of aliphatic hydroxyl groups is 1. The third kappa shape index (κ3) is 5.02. The first-order valence-corrected chi connectivity index (χ1v) is 10.8. The van der Waals surface area contributed by atoms with E-state index >= 15 is 0 Å². The van der Waals surface area contributed by atoms with Crippen molar-refractivity contribution < 1.29 is 5.11 Å². The highest BCUT2D eigenvalue weighted by molar-refractivity contribution is 6.33. The van der Waals surface area contributed by atoms with Crippen LogP contribution in [0.25, 0.3) is 11.3 Å². The maximum atomic E-state index is 9.71. The Labute approximate surface area is 171 Å². The molecule has 0 atom stereocenters. The van der Waals surface area contributed by atoms with Gasteiger partial charge >= 0.3 is 0 Å². The number of piperidine rings is 1. The number of anilines is 1. The molecule has 1 aliphatic heterocycles. The average molecular weight is 401 g/mol. The highest BCUT2D eigenvalue weighted by atomic mass is 35.5. The molecular formula is C22H29ClN4O. The van der Waals surface area contributed by atoms with Crippen LogP contribution in [-0.2, 0) is 6.42 Å². The van der Waals surface area contributed by atoms with Crippen LogP contribution in [0, 0.1) is 5.92 Å². The number of aliphatic hydroxyl groups excluding tert-OH is 1. The number of nitrogens with one attached hydrogen (secondary N) is 2. The summed E-state index contributed by atoms with van der Waals surface area (Å²) in [5.41, 5.74) is 2.88. The van der Waals surface area contributed by atoms with Gasteiger partial charge in [-0.1, -0.05) is 17.7 Å². The van der Waals surface area contributed by atoms with Crippen LogP contribution in [0.4, 0.5) is 5.82 Å².